The van der Waals surface area contributed by atoms with E-state index in [1.165, 1.54) is 59.5 Å². The second kappa shape index (κ2) is 36.1. The van der Waals surface area contributed by atoms with Crippen molar-refractivity contribution in [3.8, 4) is 29.5 Å². The molecule has 9 aromatic rings. The van der Waals surface area contributed by atoms with Gasteiger partial charge in [0.05, 0.1) is 36.7 Å². The summed E-state index contributed by atoms with van der Waals surface area (Å²) >= 11 is 0. The maximum Gasteiger partial charge on any atom is 0.318 e. The van der Waals surface area contributed by atoms with Gasteiger partial charge in [0.15, 0.2) is 0 Å². The van der Waals surface area contributed by atoms with Gasteiger partial charge in [-0.25, -0.2) is 0 Å². The SMILES string of the molecule is C=CC(=O)N1CCN(c2nc(OC[C@@H]3CCCN3C)nc3c2CCN(c2cc(O)cc4ccccc24)C3)C[C@H]1C.C=CC(=O)N1CCN(c2nc(OC[C@@H]3CCCN3C)nc3c2CCN(c2cccc4ccccc24)C3)C[C@H]1C.C=CC(=O)N1CCN(c2nc(OC[C@H]3CCCN3C)nc3c2CCN(c2cc(O)cc4ccccc24)C3)[C@@H](C)C1. The molecule has 9 aliphatic heterocycles. The predicted octanol–water partition coefficient (Wildman–Crippen LogP) is 11.1. The van der Waals surface area contributed by atoms with Crippen molar-refractivity contribution >= 4 is 84.6 Å². The molecule has 6 saturated heterocycles. The first-order valence-corrected chi connectivity index (χ1v) is 42.7. The molecule has 12 heterocycles. The summed E-state index contributed by atoms with van der Waals surface area (Å²) in [4.78, 5) is 93.4. The maximum atomic E-state index is 12.3. The molecule has 18 rings (SSSR count). The Morgan fingerprint density at radius 2 is 0.790 bits per heavy atom. The third-order valence-corrected chi connectivity index (χ3v) is 25.9. The van der Waals surface area contributed by atoms with Crippen molar-refractivity contribution in [1.29, 1.82) is 0 Å². The third kappa shape index (κ3) is 17.7. The van der Waals surface area contributed by atoms with Crippen LogP contribution in [0.5, 0.6) is 29.5 Å². The van der Waals surface area contributed by atoms with E-state index in [9.17, 15) is 24.6 Å². The normalized spacial score (nSPS) is 21.6. The number of anilines is 6. The minimum Gasteiger partial charge on any atom is -0.508 e. The highest BCUT2D eigenvalue weighted by Gasteiger charge is 2.38. The van der Waals surface area contributed by atoms with Crippen LogP contribution in [0.15, 0.2) is 153 Å². The highest BCUT2D eigenvalue weighted by molar-refractivity contribution is 5.98. The van der Waals surface area contributed by atoms with Gasteiger partial charge in [-0.1, -0.05) is 105 Å². The monoisotopic (exact) mass is 1610 g/mol. The molecule has 0 spiro atoms. The smallest absolute Gasteiger partial charge is 0.318 e. The summed E-state index contributed by atoms with van der Waals surface area (Å²) in [5, 5.41) is 27.7. The van der Waals surface area contributed by atoms with Gasteiger partial charge in [-0.05, 0) is 172 Å². The van der Waals surface area contributed by atoms with Gasteiger partial charge < -0.3 is 83.2 Å². The molecular weight excluding hydrogens is 1500 g/mol. The summed E-state index contributed by atoms with van der Waals surface area (Å²) in [5.74, 6) is 3.23. The molecule has 119 heavy (non-hydrogen) atoms. The van der Waals surface area contributed by atoms with Crippen LogP contribution >= 0.6 is 0 Å². The molecule has 26 heteroatoms. The Hall–Kier alpha value is -11.4. The van der Waals surface area contributed by atoms with Crippen molar-refractivity contribution < 1.29 is 38.8 Å². The average Bonchev–Trinajstić information content (AvgIpc) is 0.853. The number of rotatable bonds is 18. The van der Waals surface area contributed by atoms with Crippen molar-refractivity contribution in [2.45, 2.75) is 134 Å². The van der Waals surface area contributed by atoms with E-state index in [4.69, 9.17) is 44.1 Å². The summed E-state index contributed by atoms with van der Waals surface area (Å²) in [5.41, 5.74) is 9.66. The number of hydrogen-bond donors (Lipinski definition) is 2. The Morgan fingerprint density at radius 1 is 0.403 bits per heavy atom. The second-order valence-electron chi connectivity index (χ2n) is 33.5. The van der Waals surface area contributed by atoms with Gasteiger partial charge >= 0.3 is 18.0 Å². The van der Waals surface area contributed by atoms with Gasteiger partial charge in [0.1, 0.15) is 48.8 Å². The number of likely N-dealkylation sites (N-methyl/N-ethyl adjacent to an activating group) is 3. The molecule has 0 aliphatic carbocycles. The van der Waals surface area contributed by atoms with Gasteiger partial charge in [0.2, 0.25) is 17.7 Å². The lowest BCUT2D eigenvalue weighted by molar-refractivity contribution is -0.129. The lowest BCUT2D eigenvalue weighted by Crippen LogP contribution is -2.54. The van der Waals surface area contributed by atoms with Crippen molar-refractivity contribution in [2.75, 3.05) is 169 Å². The fourth-order valence-electron chi connectivity index (χ4n) is 19.2. The molecule has 3 aromatic heterocycles. The highest BCUT2D eigenvalue weighted by Crippen LogP contribution is 2.42. The van der Waals surface area contributed by atoms with E-state index in [0.29, 0.717) is 121 Å². The summed E-state index contributed by atoms with van der Waals surface area (Å²) in [6, 6.07) is 41.3. The number of aromatic hydroxyl groups is 2. The number of phenolic OH excluding ortho intramolecular Hbond substituents is 2. The topological polar surface area (TPSA) is 236 Å². The lowest BCUT2D eigenvalue weighted by Gasteiger charge is -2.42. The van der Waals surface area contributed by atoms with Crippen LogP contribution in [-0.4, -0.2) is 263 Å². The van der Waals surface area contributed by atoms with Crippen LogP contribution in [-0.2, 0) is 53.3 Å². The number of carbonyl (C=O) groups excluding carboxylic acids is 3. The van der Waals surface area contributed by atoms with E-state index in [1.54, 1.807) is 12.1 Å². The van der Waals surface area contributed by atoms with Crippen molar-refractivity contribution in [3.05, 3.63) is 187 Å². The Labute approximate surface area is 698 Å². The number of hydrogen-bond acceptors (Lipinski definition) is 23. The minimum atomic E-state index is -0.0325. The lowest BCUT2D eigenvalue weighted by atomic mass is 10.0. The zero-order valence-corrected chi connectivity index (χ0v) is 69.9. The van der Waals surface area contributed by atoms with Gasteiger partial charge in [-0.15, -0.1) is 0 Å². The van der Waals surface area contributed by atoms with E-state index >= 15 is 0 Å². The molecule has 0 saturated carbocycles. The number of piperazine rings is 3. The summed E-state index contributed by atoms with van der Waals surface area (Å²) in [6.07, 6.45) is 13.5. The van der Waals surface area contributed by atoms with Crippen LogP contribution in [0.4, 0.5) is 34.5 Å². The number of ether oxygens (including phenoxy) is 3. The van der Waals surface area contributed by atoms with Gasteiger partial charge in [0, 0.05) is 177 Å². The van der Waals surface area contributed by atoms with Crippen LogP contribution < -0.4 is 43.6 Å². The summed E-state index contributed by atoms with van der Waals surface area (Å²) < 4.78 is 18.8. The number of likely N-dealkylation sites (tertiary alicyclic amines) is 3. The first-order valence-electron chi connectivity index (χ1n) is 42.7. The first kappa shape index (κ1) is 81.4. The number of nitrogens with zero attached hydrogens (tertiary/aromatic N) is 18. The van der Waals surface area contributed by atoms with E-state index in [1.807, 2.05) is 63.2 Å². The van der Waals surface area contributed by atoms with Crippen LogP contribution in [0.3, 0.4) is 0 Å². The molecular formula is C93H114N18O8. The van der Waals surface area contributed by atoms with Crippen molar-refractivity contribution in [2.24, 2.45) is 0 Å². The summed E-state index contributed by atoms with van der Waals surface area (Å²) in [6.45, 7) is 32.7. The fourth-order valence-corrected chi connectivity index (χ4v) is 19.2. The molecule has 9 aliphatic rings. The molecule has 26 nitrogen and oxygen atoms in total. The zero-order chi connectivity index (χ0) is 82.5. The van der Waals surface area contributed by atoms with Crippen molar-refractivity contribution in [3.63, 3.8) is 0 Å². The number of fused-ring (bicyclic) bond motifs is 6. The second-order valence-corrected chi connectivity index (χ2v) is 33.5. The first-order chi connectivity index (χ1) is 57.8. The van der Waals surface area contributed by atoms with Crippen LogP contribution in [0.2, 0.25) is 0 Å². The number of carbonyl (C=O) groups is 3. The minimum absolute atomic E-state index is 0.0118. The molecule has 624 valence electrons. The number of phenols is 2. The Balaban J connectivity index is 0.000000133. The van der Waals surface area contributed by atoms with Gasteiger partial charge in [-0.2, -0.15) is 29.9 Å². The number of aromatic nitrogens is 6. The molecule has 0 unspecified atom stereocenters. The average molecular weight is 1610 g/mol. The maximum absolute atomic E-state index is 12.3. The van der Waals surface area contributed by atoms with Crippen LogP contribution in [0, 0.1) is 0 Å². The molecule has 3 amide bonds. The van der Waals surface area contributed by atoms with Gasteiger partial charge in [0.25, 0.3) is 0 Å². The van der Waals surface area contributed by atoms with Crippen LogP contribution in [0.25, 0.3) is 32.3 Å². The molecule has 6 aromatic carbocycles. The standard InChI is InChI=1S/2C31H38N6O3.C31H38N6O2/c1-4-29(39)37-15-14-36(18-21(37)2)30-26-11-13-35(28-17-24(38)16-22-8-5-6-10-25(22)28)19-27(26)32-31(33-30)40-20-23-9-7-12-34(23)3;1-4-29(39)36-14-15-37(21(2)18-36)30-26-11-13-35(28-17-24(38)16-22-8-5-6-10-25(22)28)19-27(26)32-31(33-30)40-20-23-9-7-12-34(23)3;1-4-29(38)37-18-17-36(19-22(37)2)30-26-14-16-35(28-13-7-10-23-9-5-6-12-25(23)28)20-27(26)32-31(33-30)39-21-24-11-8-15-34(24)3/h2*4-6,8,10,16-17,21,23,38H,1,7,9,11-15,18-20H2,2-3H3;4-7,9-10,12-13,22,24H,1,8,11,14-21H2,2-3H3/t2*21-,23+;22-,24+/m101/s1. The molecule has 0 radical (unpaired) electrons. The molecule has 6 fully saturated rings. The Bertz CT molecular complexity index is 5240. The zero-order valence-electron chi connectivity index (χ0n) is 69.9. The van der Waals surface area contributed by atoms with Crippen molar-refractivity contribution in [1.82, 2.24) is 59.3 Å². The van der Waals surface area contributed by atoms with E-state index in [-0.39, 0.29) is 47.3 Å². The van der Waals surface area contributed by atoms with E-state index < -0.39 is 0 Å². The Kier molecular flexibility index (Phi) is 24.7. The quantitative estimate of drug-likeness (QED) is 0.0760. The summed E-state index contributed by atoms with van der Waals surface area (Å²) in [7, 11) is 6.44. The molecule has 6 atom stereocenters. The largest absolute Gasteiger partial charge is 0.508 e. The Morgan fingerprint density at radius 3 is 1.19 bits per heavy atom. The number of amides is 3. The number of benzene rings is 6. The molecule has 0 bridgehead atoms. The third-order valence-electron chi connectivity index (χ3n) is 25.9. The van der Waals surface area contributed by atoms with E-state index in [2.05, 4.69) is 160 Å². The fraction of sp³-hybridized carbons (Fsp3) is 0.452. The highest BCUT2D eigenvalue weighted by atomic mass is 16.5. The predicted molar refractivity (Wildman–Crippen MR) is 470 cm³/mol. The van der Waals surface area contributed by atoms with E-state index in [0.717, 1.165) is 169 Å². The van der Waals surface area contributed by atoms with Crippen LogP contribution in [0.1, 0.15) is 93.1 Å². The molecule has 2 N–H and O–H groups in total. The van der Waals surface area contributed by atoms with Gasteiger partial charge in [-0.3, -0.25) is 14.4 Å².